The largest absolute Gasteiger partial charge is 0.301 e. The Hall–Kier alpha value is -2.36. The molecule has 4 rings (SSSR count). The summed E-state index contributed by atoms with van der Waals surface area (Å²) in [5.74, 6) is -0.919. The number of thiazole rings is 1. The first-order valence-electron chi connectivity index (χ1n) is 8.39. The van der Waals surface area contributed by atoms with Gasteiger partial charge in [0.25, 0.3) is 0 Å². The summed E-state index contributed by atoms with van der Waals surface area (Å²) in [6, 6.07) is 11.3. The molecule has 3 aromatic rings. The van der Waals surface area contributed by atoms with Crippen LogP contribution in [0.15, 0.2) is 53.4 Å². The third-order valence-electron chi connectivity index (χ3n) is 4.45. The standard InChI is InChI=1S/C18H16FN3O3S2/c19-12-7-9-13(10-8-12)27(24,25)22-11-3-5-15(22)17(23)21-18-20-14-4-1-2-6-16(14)26-18/h1-2,4,6-10,15H,3,5,11H2,(H,20,21,23)/t15-/m0/s1. The SMILES string of the molecule is O=C(Nc1nc2ccccc2s1)[C@@H]1CCCN1S(=O)(=O)c1ccc(F)cc1. The van der Waals surface area contributed by atoms with Gasteiger partial charge in [-0.25, -0.2) is 17.8 Å². The predicted molar refractivity (Wildman–Crippen MR) is 102 cm³/mol. The molecule has 0 unspecified atom stereocenters. The molecule has 1 saturated heterocycles. The first-order valence-corrected chi connectivity index (χ1v) is 10.6. The van der Waals surface area contributed by atoms with Crippen LogP contribution < -0.4 is 5.32 Å². The van der Waals surface area contributed by atoms with Gasteiger partial charge in [0.2, 0.25) is 15.9 Å². The summed E-state index contributed by atoms with van der Waals surface area (Å²) in [4.78, 5) is 17.1. The van der Waals surface area contributed by atoms with Gasteiger partial charge in [-0.2, -0.15) is 4.31 Å². The molecule has 1 atom stereocenters. The fraction of sp³-hybridized carbons (Fsp3) is 0.222. The topological polar surface area (TPSA) is 79.4 Å². The second kappa shape index (κ2) is 6.99. The molecule has 0 aliphatic carbocycles. The van der Waals surface area contributed by atoms with Crippen LogP contribution in [0.25, 0.3) is 10.2 Å². The molecule has 6 nitrogen and oxygen atoms in total. The Labute approximate surface area is 159 Å². The van der Waals surface area contributed by atoms with Gasteiger partial charge in [0.05, 0.1) is 15.1 Å². The minimum Gasteiger partial charge on any atom is -0.301 e. The van der Waals surface area contributed by atoms with Gasteiger partial charge in [0.1, 0.15) is 11.9 Å². The quantitative estimate of drug-likeness (QED) is 0.723. The maximum Gasteiger partial charge on any atom is 0.244 e. The van der Waals surface area contributed by atoms with E-state index in [1.807, 2.05) is 24.3 Å². The minimum atomic E-state index is -3.88. The monoisotopic (exact) mass is 405 g/mol. The number of rotatable bonds is 4. The van der Waals surface area contributed by atoms with E-state index in [2.05, 4.69) is 10.3 Å². The van der Waals surface area contributed by atoms with Crippen LogP contribution in [0.5, 0.6) is 0 Å². The molecule has 0 radical (unpaired) electrons. The Morgan fingerprint density at radius 2 is 1.93 bits per heavy atom. The zero-order valence-electron chi connectivity index (χ0n) is 14.1. The summed E-state index contributed by atoms with van der Waals surface area (Å²) in [6.45, 7) is 0.248. The Balaban J connectivity index is 1.56. The second-order valence-electron chi connectivity index (χ2n) is 6.20. The first-order chi connectivity index (χ1) is 12.9. The van der Waals surface area contributed by atoms with Gasteiger partial charge in [-0.05, 0) is 49.2 Å². The number of hydrogen-bond acceptors (Lipinski definition) is 5. The van der Waals surface area contributed by atoms with Crippen LogP contribution in [0.2, 0.25) is 0 Å². The number of carbonyl (C=O) groups is 1. The van der Waals surface area contributed by atoms with Crippen LogP contribution >= 0.6 is 11.3 Å². The fourth-order valence-electron chi connectivity index (χ4n) is 3.15. The molecule has 1 aliphatic heterocycles. The third kappa shape index (κ3) is 3.45. The van der Waals surface area contributed by atoms with E-state index in [1.165, 1.54) is 27.8 Å². The van der Waals surface area contributed by atoms with Crippen LogP contribution in [-0.2, 0) is 14.8 Å². The van der Waals surface area contributed by atoms with Crippen molar-refractivity contribution in [2.45, 2.75) is 23.8 Å². The second-order valence-corrected chi connectivity index (χ2v) is 9.12. The molecular formula is C18H16FN3O3S2. The van der Waals surface area contributed by atoms with E-state index in [0.29, 0.717) is 18.0 Å². The highest BCUT2D eigenvalue weighted by Gasteiger charge is 2.39. The lowest BCUT2D eigenvalue weighted by Gasteiger charge is -2.23. The number of para-hydroxylation sites is 1. The summed E-state index contributed by atoms with van der Waals surface area (Å²) in [5.41, 5.74) is 0.778. The summed E-state index contributed by atoms with van der Waals surface area (Å²) in [7, 11) is -3.88. The number of nitrogens with zero attached hydrogens (tertiary/aromatic N) is 2. The molecule has 140 valence electrons. The summed E-state index contributed by atoms with van der Waals surface area (Å²) >= 11 is 1.34. The Bertz CT molecular complexity index is 1060. The molecule has 1 aromatic heterocycles. The highest BCUT2D eigenvalue weighted by molar-refractivity contribution is 7.89. The highest BCUT2D eigenvalue weighted by Crippen LogP contribution is 2.29. The van der Waals surface area contributed by atoms with Crippen molar-refractivity contribution in [3.05, 3.63) is 54.3 Å². The van der Waals surface area contributed by atoms with E-state index in [-0.39, 0.29) is 11.4 Å². The number of carbonyl (C=O) groups excluding carboxylic acids is 1. The van der Waals surface area contributed by atoms with Crippen LogP contribution in [0, 0.1) is 5.82 Å². The Morgan fingerprint density at radius 1 is 1.19 bits per heavy atom. The molecule has 0 saturated carbocycles. The number of halogens is 1. The maximum absolute atomic E-state index is 13.1. The van der Waals surface area contributed by atoms with Crippen molar-refractivity contribution in [1.29, 1.82) is 0 Å². The number of amides is 1. The molecule has 1 aliphatic rings. The Morgan fingerprint density at radius 3 is 2.67 bits per heavy atom. The van der Waals surface area contributed by atoms with E-state index >= 15 is 0 Å². The van der Waals surface area contributed by atoms with Crippen molar-refractivity contribution >= 4 is 42.6 Å². The van der Waals surface area contributed by atoms with Gasteiger partial charge in [-0.3, -0.25) is 4.79 Å². The van der Waals surface area contributed by atoms with Gasteiger partial charge in [-0.1, -0.05) is 23.5 Å². The average molecular weight is 405 g/mol. The summed E-state index contributed by atoms with van der Waals surface area (Å²) in [6.07, 6.45) is 1.01. The average Bonchev–Trinajstić information content (AvgIpc) is 3.29. The number of sulfonamides is 1. The van der Waals surface area contributed by atoms with Gasteiger partial charge >= 0.3 is 0 Å². The zero-order valence-corrected chi connectivity index (χ0v) is 15.8. The van der Waals surface area contributed by atoms with Gasteiger partial charge in [0, 0.05) is 6.54 Å². The van der Waals surface area contributed by atoms with Crippen molar-refractivity contribution in [1.82, 2.24) is 9.29 Å². The van der Waals surface area contributed by atoms with Gasteiger partial charge in [-0.15, -0.1) is 0 Å². The molecule has 1 N–H and O–H groups in total. The third-order valence-corrected chi connectivity index (χ3v) is 7.32. The van der Waals surface area contributed by atoms with Crippen molar-refractivity contribution in [3.63, 3.8) is 0 Å². The molecule has 9 heteroatoms. The van der Waals surface area contributed by atoms with Crippen molar-refractivity contribution in [2.75, 3.05) is 11.9 Å². The van der Waals surface area contributed by atoms with Crippen LogP contribution in [0.4, 0.5) is 9.52 Å². The lowest BCUT2D eigenvalue weighted by molar-refractivity contribution is -0.119. The van der Waals surface area contributed by atoms with E-state index in [9.17, 15) is 17.6 Å². The number of anilines is 1. The molecule has 2 heterocycles. The van der Waals surface area contributed by atoms with E-state index < -0.39 is 27.8 Å². The van der Waals surface area contributed by atoms with E-state index in [0.717, 1.165) is 22.3 Å². The Kier molecular flexibility index (Phi) is 4.67. The van der Waals surface area contributed by atoms with E-state index in [1.54, 1.807) is 0 Å². The lowest BCUT2D eigenvalue weighted by Crippen LogP contribution is -2.43. The normalized spacial score (nSPS) is 18.0. The van der Waals surface area contributed by atoms with Crippen LogP contribution in [-0.4, -0.2) is 36.2 Å². The van der Waals surface area contributed by atoms with Crippen molar-refractivity contribution < 1.29 is 17.6 Å². The van der Waals surface area contributed by atoms with Crippen molar-refractivity contribution in [3.8, 4) is 0 Å². The summed E-state index contributed by atoms with van der Waals surface area (Å²) in [5, 5.41) is 3.18. The van der Waals surface area contributed by atoms with Gasteiger partial charge in [0.15, 0.2) is 5.13 Å². The molecule has 2 aromatic carbocycles. The molecule has 0 spiro atoms. The molecule has 1 amide bonds. The number of aromatic nitrogens is 1. The lowest BCUT2D eigenvalue weighted by atomic mass is 10.2. The maximum atomic E-state index is 13.1. The number of fused-ring (bicyclic) bond motifs is 1. The zero-order chi connectivity index (χ0) is 19.0. The van der Waals surface area contributed by atoms with Gasteiger partial charge < -0.3 is 5.32 Å². The smallest absolute Gasteiger partial charge is 0.244 e. The minimum absolute atomic E-state index is 0.0245. The number of benzene rings is 2. The number of hydrogen-bond donors (Lipinski definition) is 1. The van der Waals surface area contributed by atoms with Crippen LogP contribution in [0.3, 0.4) is 0 Å². The number of nitrogens with one attached hydrogen (secondary N) is 1. The van der Waals surface area contributed by atoms with Crippen molar-refractivity contribution in [2.24, 2.45) is 0 Å². The van der Waals surface area contributed by atoms with Crippen LogP contribution in [0.1, 0.15) is 12.8 Å². The molecule has 1 fully saturated rings. The predicted octanol–water partition coefficient (Wildman–Crippen LogP) is 3.23. The van der Waals surface area contributed by atoms with E-state index in [4.69, 9.17) is 0 Å². The fourth-order valence-corrected chi connectivity index (χ4v) is 5.67. The molecule has 0 bridgehead atoms. The summed E-state index contributed by atoms with van der Waals surface area (Å²) < 4.78 is 41.0. The highest BCUT2D eigenvalue weighted by atomic mass is 32.2. The first kappa shape index (κ1) is 18.0. The molecular weight excluding hydrogens is 389 g/mol. The molecule has 27 heavy (non-hydrogen) atoms.